The van der Waals surface area contributed by atoms with Crippen molar-refractivity contribution < 1.29 is 8.42 Å². The Bertz CT molecular complexity index is 483. The van der Waals surface area contributed by atoms with Crippen LogP contribution in [0.5, 0.6) is 0 Å². The molecule has 0 aliphatic rings. The fourth-order valence-electron chi connectivity index (χ4n) is 1.36. The molecule has 1 aromatic carbocycles. The first kappa shape index (κ1) is 14.5. The molecular weight excluding hydrogens is 302 g/mol. The van der Waals surface area contributed by atoms with Gasteiger partial charge < -0.3 is 5.32 Å². The highest BCUT2D eigenvalue weighted by molar-refractivity contribution is 9.10. The second-order valence-corrected chi connectivity index (χ2v) is 7.79. The summed E-state index contributed by atoms with van der Waals surface area (Å²) < 4.78 is 24.3. The molecule has 0 saturated carbocycles. The molecule has 0 saturated heterocycles. The smallest absolute Gasteiger partial charge is 0.154 e. The van der Waals surface area contributed by atoms with Crippen molar-refractivity contribution in [3.8, 4) is 0 Å². The molecule has 0 amide bonds. The van der Waals surface area contributed by atoms with Gasteiger partial charge in [0.2, 0.25) is 0 Å². The quantitative estimate of drug-likeness (QED) is 0.907. The summed E-state index contributed by atoms with van der Waals surface area (Å²) in [5.41, 5.74) is 2.06. The molecule has 96 valence electrons. The number of sulfone groups is 1. The van der Waals surface area contributed by atoms with E-state index in [1.165, 1.54) is 0 Å². The summed E-state index contributed by atoms with van der Waals surface area (Å²) in [5.74, 6) is 0.163. The standard InChI is InChI=1S/C12H18BrNO2S/c1-9(2)17(15,16)8-7-14-12-6-4-5-11(13)10(12)3/h4-6,9,14H,7-8H2,1-3H3. The first-order valence-electron chi connectivity index (χ1n) is 5.55. The fraction of sp³-hybridized carbons (Fsp3) is 0.500. The van der Waals surface area contributed by atoms with Gasteiger partial charge in [0.05, 0.1) is 11.0 Å². The average molecular weight is 320 g/mol. The lowest BCUT2D eigenvalue weighted by Crippen LogP contribution is -2.23. The summed E-state index contributed by atoms with van der Waals surface area (Å²) in [6, 6.07) is 5.84. The minimum absolute atomic E-state index is 0.163. The predicted molar refractivity (Wildman–Crippen MR) is 76.3 cm³/mol. The molecule has 1 aromatic rings. The Balaban J connectivity index is 2.61. The molecule has 0 aliphatic heterocycles. The van der Waals surface area contributed by atoms with Crippen molar-refractivity contribution in [2.24, 2.45) is 0 Å². The molecule has 0 radical (unpaired) electrons. The molecule has 0 spiro atoms. The Hall–Kier alpha value is -0.550. The van der Waals surface area contributed by atoms with Gasteiger partial charge in [-0.25, -0.2) is 8.42 Å². The van der Waals surface area contributed by atoms with Gasteiger partial charge >= 0.3 is 0 Å². The minimum Gasteiger partial charge on any atom is -0.384 e. The number of nitrogens with one attached hydrogen (secondary N) is 1. The van der Waals surface area contributed by atoms with Crippen LogP contribution in [0.1, 0.15) is 19.4 Å². The summed E-state index contributed by atoms with van der Waals surface area (Å²) in [5, 5.41) is 2.84. The Morgan fingerprint density at radius 2 is 2.00 bits per heavy atom. The highest BCUT2D eigenvalue weighted by Crippen LogP contribution is 2.23. The predicted octanol–water partition coefficient (Wildman–Crippen LogP) is 2.99. The Morgan fingerprint density at radius 3 is 2.59 bits per heavy atom. The molecule has 0 heterocycles. The van der Waals surface area contributed by atoms with E-state index >= 15 is 0 Å². The van der Waals surface area contributed by atoms with E-state index in [1.54, 1.807) is 13.8 Å². The Labute approximate surface area is 112 Å². The van der Waals surface area contributed by atoms with Gasteiger partial charge in [-0.3, -0.25) is 0 Å². The van der Waals surface area contributed by atoms with Gasteiger partial charge in [-0.15, -0.1) is 0 Å². The molecule has 5 heteroatoms. The van der Waals surface area contributed by atoms with Crippen molar-refractivity contribution in [1.29, 1.82) is 0 Å². The fourth-order valence-corrected chi connectivity index (χ4v) is 2.59. The zero-order valence-electron chi connectivity index (χ0n) is 10.3. The third-order valence-corrected chi connectivity index (χ3v) is 5.76. The molecule has 0 bridgehead atoms. The lowest BCUT2D eigenvalue weighted by atomic mass is 10.2. The summed E-state index contributed by atoms with van der Waals surface area (Å²) in [7, 11) is -2.97. The molecule has 3 nitrogen and oxygen atoms in total. The van der Waals surface area contributed by atoms with E-state index in [2.05, 4.69) is 21.2 Å². The molecule has 1 rings (SSSR count). The van der Waals surface area contributed by atoms with E-state index in [0.717, 1.165) is 15.7 Å². The highest BCUT2D eigenvalue weighted by atomic mass is 79.9. The third kappa shape index (κ3) is 4.00. The lowest BCUT2D eigenvalue weighted by Gasteiger charge is -2.12. The van der Waals surface area contributed by atoms with E-state index in [1.807, 2.05) is 25.1 Å². The number of rotatable bonds is 5. The monoisotopic (exact) mass is 319 g/mol. The van der Waals surface area contributed by atoms with Crippen LogP contribution < -0.4 is 5.32 Å². The van der Waals surface area contributed by atoms with E-state index < -0.39 is 9.84 Å². The zero-order valence-corrected chi connectivity index (χ0v) is 12.7. The largest absolute Gasteiger partial charge is 0.384 e. The van der Waals surface area contributed by atoms with Crippen LogP contribution in [0, 0.1) is 6.92 Å². The van der Waals surface area contributed by atoms with Crippen molar-refractivity contribution in [3.63, 3.8) is 0 Å². The summed E-state index contributed by atoms with van der Waals surface area (Å²) in [6.45, 7) is 5.85. The molecule has 0 aromatic heterocycles. The second-order valence-electron chi connectivity index (χ2n) is 4.25. The number of hydrogen-bond acceptors (Lipinski definition) is 3. The van der Waals surface area contributed by atoms with Crippen LogP contribution in [0.3, 0.4) is 0 Å². The van der Waals surface area contributed by atoms with Crippen LogP contribution in [0.2, 0.25) is 0 Å². The summed E-state index contributed by atoms with van der Waals surface area (Å²) >= 11 is 3.44. The van der Waals surface area contributed by atoms with Crippen LogP contribution in [-0.4, -0.2) is 26.0 Å². The zero-order chi connectivity index (χ0) is 13.1. The van der Waals surface area contributed by atoms with E-state index in [4.69, 9.17) is 0 Å². The minimum atomic E-state index is -2.97. The molecule has 0 aliphatic carbocycles. The van der Waals surface area contributed by atoms with Gasteiger partial charge in [0.15, 0.2) is 9.84 Å². The van der Waals surface area contributed by atoms with Crippen molar-refractivity contribution in [2.45, 2.75) is 26.0 Å². The number of anilines is 1. The first-order chi connectivity index (χ1) is 7.84. The topological polar surface area (TPSA) is 46.2 Å². The van der Waals surface area contributed by atoms with Crippen molar-refractivity contribution in [3.05, 3.63) is 28.2 Å². The van der Waals surface area contributed by atoms with E-state index in [-0.39, 0.29) is 11.0 Å². The molecular formula is C12H18BrNO2S. The van der Waals surface area contributed by atoms with Crippen molar-refractivity contribution in [1.82, 2.24) is 0 Å². The number of benzene rings is 1. The van der Waals surface area contributed by atoms with Crippen molar-refractivity contribution >= 4 is 31.5 Å². The van der Waals surface area contributed by atoms with Gasteiger partial charge in [-0.2, -0.15) is 0 Å². The third-order valence-electron chi connectivity index (χ3n) is 2.69. The molecule has 1 N–H and O–H groups in total. The molecule has 0 fully saturated rings. The summed E-state index contributed by atoms with van der Waals surface area (Å²) in [4.78, 5) is 0. The lowest BCUT2D eigenvalue weighted by molar-refractivity contribution is 0.588. The summed E-state index contributed by atoms with van der Waals surface area (Å²) in [6.07, 6.45) is 0. The maximum absolute atomic E-state index is 11.6. The Morgan fingerprint density at radius 1 is 1.35 bits per heavy atom. The molecule has 0 unspecified atom stereocenters. The highest BCUT2D eigenvalue weighted by Gasteiger charge is 2.15. The van der Waals surface area contributed by atoms with E-state index in [9.17, 15) is 8.42 Å². The van der Waals surface area contributed by atoms with E-state index in [0.29, 0.717) is 6.54 Å². The normalized spacial score (nSPS) is 11.8. The van der Waals surface area contributed by atoms with Crippen LogP contribution in [-0.2, 0) is 9.84 Å². The average Bonchev–Trinajstić information content (AvgIpc) is 2.24. The SMILES string of the molecule is Cc1c(Br)cccc1NCCS(=O)(=O)C(C)C. The van der Waals surface area contributed by atoms with Crippen molar-refractivity contribution in [2.75, 3.05) is 17.6 Å². The van der Waals surface area contributed by atoms with Gasteiger partial charge in [0, 0.05) is 16.7 Å². The maximum atomic E-state index is 11.6. The second kappa shape index (κ2) is 5.87. The molecule has 17 heavy (non-hydrogen) atoms. The van der Waals surface area contributed by atoms with Gasteiger partial charge in [0.1, 0.15) is 0 Å². The number of halogens is 1. The number of hydrogen-bond donors (Lipinski definition) is 1. The van der Waals surface area contributed by atoms with Gasteiger partial charge in [0.25, 0.3) is 0 Å². The van der Waals surface area contributed by atoms with Crippen LogP contribution >= 0.6 is 15.9 Å². The van der Waals surface area contributed by atoms with Crippen LogP contribution in [0.4, 0.5) is 5.69 Å². The molecule has 0 atom stereocenters. The Kier molecular flexibility index (Phi) is 5.01. The van der Waals surface area contributed by atoms with Crippen LogP contribution in [0.25, 0.3) is 0 Å². The van der Waals surface area contributed by atoms with Gasteiger partial charge in [-0.05, 0) is 38.5 Å². The van der Waals surface area contributed by atoms with Crippen LogP contribution in [0.15, 0.2) is 22.7 Å². The first-order valence-corrected chi connectivity index (χ1v) is 8.06. The van der Waals surface area contributed by atoms with Gasteiger partial charge in [-0.1, -0.05) is 22.0 Å². The maximum Gasteiger partial charge on any atom is 0.154 e.